The summed E-state index contributed by atoms with van der Waals surface area (Å²) in [6.45, 7) is 4.72. The number of hydrogen-bond donors (Lipinski definition) is 1. The first kappa shape index (κ1) is 11.3. The number of nitrogens with one attached hydrogen (secondary N) is 1. The summed E-state index contributed by atoms with van der Waals surface area (Å²) in [5, 5.41) is 3.70. The summed E-state index contributed by atoms with van der Waals surface area (Å²) in [4.78, 5) is 7.70. The maximum Gasteiger partial charge on any atom is 0.224 e. The SMILES string of the molecule is CC(C)=CCNc1nc(Cl)ncc1Cl. The molecule has 0 aliphatic heterocycles. The number of nitrogens with zero attached hydrogens (tertiary/aromatic N) is 2. The van der Waals surface area contributed by atoms with Gasteiger partial charge in [0.05, 0.1) is 6.20 Å². The molecule has 76 valence electrons. The fourth-order valence-electron chi connectivity index (χ4n) is 0.821. The average molecular weight is 232 g/mol. The largest absolute Gasteiger partial charge is 0.365 e. The highest BCUT2D eigenvalue weighted by Gasteiger charge is 2.01. The molecule has 0 spiro atoms. The van der Waals surface area contributed by atoms with Crippen molar-refractivity contribution in [3.8, 4) is 0 Å². The summed E-state index contributed by atoms with van der Waals surface area (Å²) in [5.41, 5.74) is 1.23. The van der Waals surface area contributed by atoms with Crippen LogP contribution in [0.25, 0.3) is 0 Å². The molecule has 0 saturated carbocycles. The predicted molar refractivity (Wildman–Crippen MR) is 60.0 cm³/mol. The van der Waals surface area contributed by atoms with E-state index in [-0.39, 0.29) is 5.28 Å². The summed E-state index contributed by atoms with van der Waals surface area (Å²) in [6.07, 6.45) is 3.51. The molecule has 1 aromatic heterocycles. The summed E-state index contributed by atoms with van der Waals surface area (Å²) in [6, 6.07) is 0. The van der Waals surface area contributed by atoms with Crippen molar-refractivity contribution < 1.29 is 0 Å². The smallest absolute Gasteiger partial charge is 0.224 e. The molecule has 0 fully saturated rings. The standard InChI is InChI=1S/C9H11Cl2N3/c1-6(2)3-4-12-8-7(10)5-13-9(11)14-8/h3,5H,4H2,1-2H3,(H,12,13,14). The maximum absolute atomic E-state index is 5.84. The Morgan fingerprint density at radius 2 is 2.21 bits per heavy atom. The first-order valence-electron chi connectivity index (χ1n) is 4.15. The average Bonchev–Trinajstić information content (AvgIpc) is 2.10. The van der Waals surface area contributed by atoms with Crippen molar-refractivity contribution in [1.29, 1.82) is 0 Å². The van der Waals surface area contributed by atoms with Gasteiger partial charge in [0, 0.05) is 6.54 Å². The molecule has 0 aromatic carbocycles. The van der Waals surface area contributed by atoms with Gasteiger partial charge in [0.1, 0.15) is 10.8 Å². The molecule has 1 aromatic rings. The van der Waals surface area contributed by atoms with Gasteiger partial charge < -0.3 is 5.32 Å². The zero-order chi connectivity index (χ0) is 10.6. The van der Waals surface area contributed by atoms with E-state index in [1.807, 2.05) is 19.9 Å². The molecule has 1 rings (SSSR count). The van der Waals surface area contributed by atoms with E-state index in [1.165, 1.54) is 11.8 Å². The normalized spacial score (nSPS) is 9.71. The van der Waals surface area contributed by atoms with Crippen LogP contribution in [0.4, 0.5) is 5.82 Å². The van der Waals surface area contributed by atoms with E-state index in [0.717, 1.165) is 0 Å². The lowest BCUT2D eigenvalue weighted by Gasteiger charge is -2.04. The quantitative estimate of drug-likeness (QED) is 0.642. The fraction of sp³-hybridized carbons (Fsp3) is 0.333. The van der Waals surface area contributed by atoms with Crippen LogP contribution < -0.4 is 5.32 Å². The molecule has 0 unspecified atom stereocenters. The van der Waals surface area contributed by atoms with Crippen molar-refractivity contribution >= 4 is 29.0 Å². The number of hydrogen-bond acceptors (Lipinski definition) is 3. The van der Waals surface area contributed by atoms with Gasteiger partial charge in [0.2, 0.25) is 5.28 Å². The summed E-state index contributed by atoms with van der Waals surface area (Å²) >= 11 is 11.5. The van der Waals surface area contributed by atoms with Gasteiger partial charge in [-0.1, -0.05) is 23.3 Å². The first-order valence-corrected chi connectivity index (χ1v) is 4.90. The molecule has 0 amide bonds. The second-order valence-corrected chi connectivity index (χ2v) is 3.74. The van der Waals surface area contributed by atoms with Gasteiger partial charge in [0.15, 0.2) is 0 Å². The van der Waals surface area contributed by atoms with E-state index in [4.69, 9.17) is 23.2 Å². The second kappa shape index (κ2) is 5.17. The molecule has 0 radical (unpaired) electrons. The van der Waals surface area contributed by atoms with Crippen molar-refractivity contribution in [2.75, 3.05) is 11.9 Å². The van der Waals surface area contributed by atoms with Crippen LogP contribution in [0.5, 0.6) is 0 Å². The molecule has 0 aliphatic rings. The molecule has 14 heavy (non-hydrogen) atoms. The Balaban J connectivity index is 2.67. The molecule has 1 heterocycles. The zero-order valence-electron chi connectivity index (χ0n) is 8.01. The van der Waals surface area contributed by atoms with E-state index in [9.17, 15) is 0 Å². The lowest BCUT2D eigenvalue weighted by Crippen LogP contribution is -2.02. The van der Waals surface area contributed by atoms with E-state index in [2.05, 4.69) is 15.3 Å². The Hall–Kier alpha value is -0.800. The topological polar surface area (TPSA) is 37.8 Å². The molecule has 0 bridgehead atoms. The number of allylic oxidation sites excluding steroid dienone is 1. The van der Waals surface area contributed by atoms with E-state index < -0.39 is 0 Å². The highest BCUT2D eigenvalue weighted by Crippen LogP contribution is 2.18. The van der Waals surface area contributed by atoms with E-state index in [0.29, 0.717) is 17.4 Å². The van der Waals surface area contributed by atoms with Crippen LogP contribution in [-0.4, -0.2) is 16.5 Å². The predicted octanol–water partition coefficient (Wildman–Crippen LogP) is 3.16. The Kier molecular flexibility index (Phi) is 4.17. The van der Waals surface area contributed by atoms with Crippen LogP contribution >= 0.6 is 23.2 Å². The number of halogens is 2. The molecule has 0 saturated heterocycles. The zero-order valence-corrected chi connectivity index (χ0v) is 9.52. The number of aromatic nitrogens is 2. The van der Waals surface area contributed by atoms with Gasteiger partial charge in [-0.25, -0.2) is 4.98 Å². The molecule has 1 N–H and O–H groups in total. The van der Waals surface area contributed by atoms with Crippen molar-refractivity contribution in [3.05, 3.63) is 28.2 Å². The lowest BCUT2D eigenvalue weighted by atomic mass is 10.3. The van der Waals surface area contributed by atoms with Gasteiger partial charge in [-0.3, -0.25) is 0 Å². The van der Waals surface area contributed by atoms with Crippen molar-refractivity contribution in [3.63, 3.8) is 0 Å². The highest BCUT2D eigenvalue weighted by molar-refractivity contribution is 6.33. The second-order valence-electron chi connectivity index (χ2n) is 3.00. The molecule has 5 heteroatoms. The van der Waals surface area contributed by atoms with Crippen LogP contribution in [0.15, 0.2) is 17.8 Å². The van der Waals surface area contributed by atoms with Crippen molar-refractivity contribution in [1.82, 2.24) is 9.97 Å². The van der Waals surface area contributed by atoms with Crippen LogP contribution in [-0.2, 0) is 0 Å². The lowest BCUT2D eigenvalue weighted by molar-refractivity contribution is 1.13. The molecule has 3 nitrogen and oxygen atoms in total. The van der Waals surface area contributed by atoms with E-state index in [1.54, 1.807) is 0 Å². The van der Waals surface area contributed by atoms with E-state index >= 15 is 0 Å². The Labute approximate surface area is 93.2 Å². The third-order valence-corrected chi connectivity index (χ3v) is 1.95. The van der Waals surface area contributed by atoms with Gasteiger partial charge in [-0.2, -0.15) is 4.98 Å². The Bertz CT molecular complexity index is 346. The van der Waals surface area contributed by atoms with Gasteiger partial charge in [-0.05, 0) is 25.4 Å². The maximum atomic E-state index is 5.84. The molecule has 0 atom stereocenters. The summed E-state index contributed by atoms with van der Waals surface area (Å²) in [7, 11) is 0. The monoisotopic (exact) mass is 231 g/mol. The van der Waals surface area contributed by atoms with Crippen LogP contribution in [0.3, 0.4) is 0 Å². The molecular formula is C9H11Cl2N3. The van der Waals surface area contributed by atoms with Crippen LogP contribution in [0, 0.1) is 0 Å². The minimum atomic E-state index is 0.189. The van der Waals surface area contributed by atoms with Crippen molar-refractivity contribution in [2.24, 2.45) is 0 Å². The first-order chi connectivity index (χ1) is 6.59. The molecular weight excluding hydrogens is 221 g/mol. The fourth-order valence-corrected chi connectivity index (χ4v) is 1.11. The summed E-state index contributed by atoms with van der Waals surface area (Å²) in [5.74, 6) is 0.559. The molecule has 0 aliphatic carbocycles. The minimum absolute atomic E-state index is 0.189. The van der Waals surface area contributed by atoms with Crippen molar-refractivity contribution in [2.45, 2.75) is 13.8 Å². The van der Waals surface area contributed by atoms with Gasteiger partial charge in [0.25, 0.3) is 0 Å². The minimum Gasteiger partial charge on any atom is -0.365 e. The van der Waals surface area contributed by atoms with Gasteiger partial charge in [-0.15, -0.1) is 0 Å². The highest BCUT2D eigenvalue weighted by atomic mass is 35.5. The van der Waals surface area contributed by atoms with Gasteiger partial charge >= 0.3 is 0 Å². The Morgan fingerprint density at radius 1 is 1.50 bits per heavy atom. The third kappa shape index (κ3) is 3.52. The van der Waals surface area contributed by atoms with Crippen LogP contribution in [0.1, 0.15) is 13.8 Å². The van der Waals surface area contributed by atoms with Crippen LogP contribution in [0.2, 0.25) is 10.3 Å². The summed E-state index contributed by atoms with van der Waals surface area (Å²) < 4.78 is 0. The Morgan fingerprint density at radius 3 is 2.86 bits per heavy atom. The third-order valence-electron chi connectivity index (χ3n) is 1.49. The number of anilines is 1. The number of rotatable bonds is 3.